The first kappa shape index (κ1) is 20.8. The first-order valence-corrected chi connectivity index (χ1v) is 10.3. The monoisotopic (exact) mass is 431 g/mol. The van der Waals surface area contributed by atoms with Crippen molar-refractivity contribution < 1.29 is 14.6 Å². The Morgan fingerprint density at radius 1 is 1.00 bits per heavy atom. The number of fused-ring (bicyclic) bond motifs is 1. The number of nitrogens with one attached hydrogen (secondary N) is 1. The Bertz CT molecular complexity index is 1250. The molecule has 0 fully saturated rings. The zero-order chi connectivity index (χ0) is 21.8. The van der Waals surface area contributed by atoms with Crippen LogP contribution in [0.4, 0.5) is 5.69 Å². The molecule has 31 heavy (non-hydrogen) atoms. The van der Waals surface area contributed by atoms with Crippen molar-refractivity contribution in [1.29, 1.82) is 0 Å². The number of carbonyl (C=O) groups is 1. The molecule has 156 valence electrons. The van der Waals surface area contributed by atoms with Crippen LogP contribution in [0, 0.1) is 6.92 Å². The summed E-state index contributed by atoms with van der Waals surface area (Å²) in [6.45, 7) is 3.05. The maximum atomic E-state index is 11.2. The molecule has 0 aliphatic carbocycles. The lowest BCUT2D eigenvalue weighted by Gasteiger charge is -2.16. The molecule has 0 amide bonds. The number of aryl methyl sites for hydroxylation is 1. The number of ether oxygens (including phenoxy) is 1. The van der Waals surface area contributed by atoms with Crippen LogP contribution < -0.4 is 10.1 Å². The second kappa shape index (κ2) is 9.11. The zero-order valence-electron chi connectivity index (χ0n) is 17.1. The Morgan fingerprint density at radius 3 is 2.61 bits per heavy atom. The van der Waals surface area contributed by atoms with Gasteiger partial charge in [-0.1, -0.05) is 71.8 Å². The van der Waals surface area contributed by atoms with E-state index in [2.05, 4.69) is 48.6 Å². The van der Waals surface area contributed by atoms with Crippen molar-refractivity contribution in [3.05, 3.63) is 106 Å². The number of carboxylic acids is 1. The predicted octanol–water partition coefficient (Wildman–Crippen LogP) is 6.69. The molecular formula is C26H22ClNO3. The lowest BCUT2D eigenvalue weighted by Crippen LogP contribution is -2.05. The summed E-state index contributed by atoms with van der Waals surface area (Å²) in [7, 11) is 0. The molecule has 0 aliphatic rings. The van der Waals surface area contributed by atoms with Gasteiger partial charge in [0, 0.05) is 17.8 Å². The molecule has 4 rings (SSSR count). The first-order valence-electron chi connectivity index (χ1n) is 9.97. The van der Waals surface area contributed by atoms with Crippen LogP contribution in [-0.2, 0) is 13.2 Å². The van der Waals surface area contributed by atoms with E-state index in [1.807, 2.05) is 24.3 Å². The van der Waals surface area contributed by atoms with Crippen molar-refractivity contribution in [2.24, 2.45) is 0 Å². The van der Waals surface area contributed by atoms with Crippen LogP contribution in [0.25, 0.3) is 10.8 Å². The summed E-state index contributed by atoms with van der Waals surface area (Å²) in [5.74, 6) is -0.238. The van der Waals surface area contributed by atoms with E-state index in [9.17, 15) is 4.79 Å². The number of hydrogen-bond acceptors (Lipinski definition) is 3. The average Bonchev–Trinajstić information content (AvgIpc) is 2.76. The highest BCUT2D eigenvalue weighted by Gasteiger charge is 2.12. The maximum Gasteiger partial charge on any atom is 0.337 e. The molecule has 0 aliphatic heterocycles. The highest BCUT2D eigenvalue weighted by Crippen LogP contribution is 2.30. The van der Waals surface area contributed by atoms with Crippen LogP contribution >= 0.6 is 11.6 Å². The lowest BCUT2D eigenvalue weighted by molar-refractivity contribution is 0.0697. The van der Waals surface area contributed by atoms with Gasteiger partial charge < -0.3 is 15.2 Å². The van der Waals surface area contributed by atoms with E-state index in [0.29, 0.717) is 13.2 Å². The molecule has 0 radical (unpaired) electrons. The summed E-state index contributed by atoms with van der Waals surface area (Å²) in [6.07, 6.45) is 0. The maximum absolute atomic E-state index is 11.2. The third kappa shape index (κ3) is 4.81. The normalized spacial score (nSPS) is 10.8. The Hall–Kier alpha value is -3.50. The van der Waals surface area contributed by atoms with E-state index in [0.717, 1.165) is 33.3 Å². The second-order valence-corrected chi connectivity index (χ2v) is 7.80. The van der Waals surface area contributed by atoms with Crippen LogP contribution in [0.5, 0.6) is 5.75 Å². The first-order chi connectivity index (χ1) is 15.0. The highest BCUT2D eigenvalue weighted by atomic mass is 35.5. The quantitative estimate of drug-likeness (QED) is 0.342. The van der Waals surface area contributed by atoms with Gasteiger partial charge in [-0.15, -0.1) is 0 Å². The van der Waals surface area contributed by atoms with Gasteiger partial charge in [0.05, 0.1) is 10.6 Å². The van der Waals surface area contributed by atoms with Crippen molar-refractivity contribution in [1.82, 2.24) is 0 Å². The Balaban J connectivity index is 1.61. The van der Waals surface area contributed by atoms with Gasteiger partial charge in [-0.05, 0) is 47.5 Å². The topological polar surface area (TPSA) is 58.6 Å². The minimum atomic E-state index is -1.04. The number of halogens is 1. The average molecular weight is 432 g/mol. The van der Waals surface area contributed by atoms with Crippen LogP contribution in [-0.4, -0.2) is 11.1 Å². The van der Waals surface area contributed by atoms with Gasteiger partial charge in [-0.25, -0.2) is 4.79 Å². The summed E-state index contributed by atoms with van der Waals surface area (Å²) in [5, 5.41) is 14.9. The van der Waals surface area contributed by atoms with Crippen molar-refractivity contribution in [3.8, 4) is 5.75 Å². The van der Waals surface area contributed by atoms with E-state index >= 15 is 0 Å². The number of benzene rings is 4. The second-order valence-electron chi connectivity index (χ2n) is 7.39. The Kier molecular flexibility index (Phi) is 6.10. The fourth-order valence-corrected chi connectivity index (χ4v) is 3.85. The van der Waals surface area contributed by atoms with Crippen LogP contribution in [0.3, 0.4) is 0 Å². The Labute approximate surface area is 186 Å². The third-order valence-electron chi connectivity index (χ3n) is 5.14. The molecule has 4 aromatic rings. The van der Waals surface area contributed by atoms with Gasteiger partial charge in [-0.3, -0.25) is 0 Å². The molecule has 4 nitrogen and oxygen atoms in total. The number of hydrogen-bond donors (Lipinski definition) is 2. The summed E-state index contributed by atoms with van der Waals surface area (Å²) in [5.41, 5.74) is 4.17. The highest BCUT2D eigenvalue weighted by molar-refractivity contribution is 6.33. The van der Waals surface area contributed by atoms with Crippen molar-refractivity contribution in [2.75, 3.05) is 5.32 Å². The van der Waals surface area contributed by atoms with E-state index in [1.54, 1.807) is 12.1 Å². The van der Waals surface area contributed by atoms with Crippen LogP contribution in [0.15, 0.2) is 78.9 Å². The smallest absolute Gasteiger partial charge is 0.337 e. The minimum Gasteiger partial charge on any atom is -0.489 e. The summed E-state index contributed by atoms with van der Waals surface area (Å²) in [6, 6.07) is 25.3. The molecule has 0 aromatic heterocycles. The fourth-order valence-electron chi connectivity index (χ4n) is 3.59. The van der Waals surface area contributed by atoms with E-state index < -0.39 is 5.97 Å². The van der Waals surface area contributed by atoms with Gasteiger partial charge in [0.1, 0.15) is 12.4 Å². The standard InChI is InChI=1S/C26H22ClNO3/c1-17-5-4-6-18(13-17)16-31-25-12-9-19-7-2-3-8-21(19)23(25)15-28-20-10-11-22(26(29)30)24(27)14-20/h2-14,28H,15-16H2,1H3,(H,29,30). The van der Waals surface area contributed by atoms with Gasteiger partial charge in [0.25, 0.3) is 0 Å². The lowest BCUT2D eigenvalue weighted by atomic mass is 10.0. The predicted molar refractivity (Wildman–Crippen MR) is 125 cm³/mol. The molecule has 0 saturated carbocycles. The van der Waals surface area contributed by atoms with E-state index in [-0.39, 0.29) is 10.6 Å². The van der Waals surface area contributed by atoms with Crippen LogP contribution in [0.2, 0.25) is 5.02 Å². The number of anilines is 1. The number of rotatable bonds is 7. The SMILES string of the molecule is Cc1cccc(COc2ccc3ccccc3c2CNc2ccc(C(=O)O)c(Cl)c2)c1. The van der Waals surface area contributed by atoms with E-state index in [4.69, 9.17) is 21.4 Å². The van der Waals surface area contributed by atoms with Crippen LogP contribution in [0.1, 0.15) is 27.0 Å². The minimum absolute atomic E-state index is 0.0829. The van der Waals surface area contributed by atoms with Gasteiger partial charge in [-0.2, -0.15) is 0 Å². The van der Waals surface area contributed by atoms with Gasteiger partial charge in [0.2, 0.25) is 0 Å². The Morgan fingerprint density at radius 2 is 1.84 bits per heavy atom. The molecule has 5 heteroatoms. The molecule has 0 saturated heterocycles. The van der Waals surface area contributed by atoms with E-state index in [1.165, 1.54) is 11.6 Å². The summed E-state index contributed by atoms with van der Waals surface area (Å²) < 4.78 is 6.21. The number of aromatic carboxylic acids is 1. The molecule has 4 aromatic carbocycles. The largest absolute Gasteiger partial charge is 0.489 e. The summed E-state index contributed by atoms with van der Waals surface area (Å²) >= 11 is 6.12. The molecule has 0 heterocycles. The van der Waals surface area contributed by atoms with Gasteiger partial charge >= 0.3 is 5.97 Å². The van der Waals surface area contributed by atoms with Crippen molar-refractivity contribution in [2.45, 2.75) is 20.1 Å². The molecule has 0 spiro atoms. The molecule has 0 atom stereocenters. The van der Waals surface area contributed by atoms with Crippen molar-refractivity contribution in [3.63, 3.8) is 0 Å². The molecular weight excluding hydrogens is 410 g/mol. The summed E-state index contributed by atoms with van der Waals surface area (Å²) in [4.78, 5) is 11.2. The fraction of sp³-hybridized carbons (Fsp3) is 0.115. The molecule has 2 N–H and O–H groups in total. The van der Waals surface area contributed by atoms with Crippen molar-refractivity contribution >= 4 is 34.0 Å². The van der Waals surface area contributed by atoms with Gasteiger partial charge in [0.15, 0.2) is 0 Å². The third-order valence-corrected chi connectivity index (χ3v) is 5.46. The molecule has 0 unspecified atom stereocenters. The molecule has 0 bridgehead atoms. The zero-order valence-corrected chi connectivity index (χ0v) is 17.8. The number of carboxylic acid groups (broad SMARTS) is 1.